The van der Waals surface area contributed by atoms with Gasteiger partial charge in [-0.3, -0.25) is 4.40 Å². The molecule has 22 heavy (non-hydrogen) atoms. The number of benzene rings is 1. The van der Waals surface area contributed by atoms with Crippen LogP contribution in [0.25, 0.3) is 5.65 Å². The summed E-state index contributed by atoms with van der Waals surface area (Å²) in [6.45, 7) is 8.46. The van der Waals surface area contributed by atoms with Gasteiger partial charge in [-0.05, 0) is 30.7 Å². The van der Waals surface area contributed by atoms with Crippen molar-refractivity contribution in [3.8, 4) is 0 Å². The smallest absolute Gasteiger partial charge is 0.183 e. The molecule has 0 aliphatic rings. The van der Waals surface area contributed by atoms with Crippen molar-refractivity contribution in [1.29, 1.82) is 0 Å². The highest BCUT2D eigenvalue weighted by Gasteiger charge is 2.23. The fraction of sp³-hybridized carbons (Fsp3) is 0.278. The second-order valence-corrected chi connectivity index (χ2v) is 6.45. The van der Waals surface area contributed by atoms with E-state index in [-0.39, 0.29) is 5.41 Å². The lowest BCUT2D eigenvalue weighted by Gasteiger charge is -2.15. The van der Waals surface area contributed by atoms with Gasteiger partial charge in [-0.15, -0.1) is 10.2 Å². The molecule has 0 spiro atoms. The van der Waals surface area contributed by atoms with Gasteiger partial charge in [0.2, 0.25) is 0 Å². The minimum absolute atomic E-state index is 0.0912. The van der Waals surface area contributed by atoms with Gasteiger partial charge in [0.15, 0.2) is 5.82 Å². The third kappa shape index (κ3) is 2.64. The molecule has 0 fully saturated rings. The zero-order valence-corrected chi connectivity index (χ0v) is 13.4. The zero-order chi connectivity index (χ0) is 15.7. The molecule has 0 aliphatic heterocycles. The average molecular weight is 292 g/mol. The molecule has 0 aliphatic carbocycles. The van der Waals surface area contributed by atoms with Crippen LogP contribution in [0.2, 0.25) is 0 Å². The molecule has 2 heterocycles. The maximum Gasteiger partial charge on any atom is 0.183 e. The Morgan fingerprint density at radius 1 is 0.955 bits per heavy atom. The largest absolute Gasteiger partial charge is 0.283 e. The first-order valence-corrected chi connectivity index (χ1v) is 7.42. The molecule has 112 valence electrons. The minimum Gasteiger partial charge on any atom is -0.283 e. The van der Waals surface area contributed by atoms with Crippen LogP contribution in [0, 0.1) is 6.92 Å². The lowest BCUT2D eigenvalue weighted by molar-refractivity contribution is 0.574. The van der Waals surface area contributed by atoms with E-state index in [0.717, 1.165) is 28.4 Å². The number of imidazole rings is 1. The molecular formula is C18H20N4. The number of hydrogen-bond acceptors (Lipinski definition) is 3. The molecule has 0 unspecified atom stereocenters. The van der Waals surface area contributed by atoms with E-state index in [9.17, 15) is 0 Å². The van der Waals surface area contributed by atoms with Crippen LogP contribution in [0.5, 0.6) is 0 Å². The quantitative estimate of drug-likeness (QED) is 0.586. The highest BCUT2D eigenvalue weighted by molar-refractivity contribution is 5.54. The van der Waals surface area contributed by atoms with Crippen LogP contribution in [-0.4, -0.2) is 9.38 Å². The van der Waals surface area contributed by atoms with Gasteiger partial charge >= 0.3 is 0 Å². The molecule has 0 bridgehead atoms. The molecule has 4 nitrogen and oxygen atoms in total. The number of aromatic nitrogens is 2. The van der Waals surface area contributed by atoms with E-state index in [1.807, 2.05) is 60.0 Å². The number of azo groups is 1. The summed E-state index contributed by atoms with van der Waals surface area (Å²) in [5.41, 5.74) is 3.75. The molecule has 0 saturated heterocycles. The number of nitrogens with zero attached hydrogens (tertiary/aromatic N) is 4. The summed E-state index contributed by atoms with van der Waals surface area (Å²) >= 11 is 0. The minimum atomic E-state index is -0.0912. The molecule has 2 aromatic heterocycles. The summed E-state index contributed by atoms with van der Waals surface area (Å²) in [7, 11) is 0. The van der Waals surface area contributed by atoms with E-state index in [2.05, 4.69) is 31.0 Å². The Labute approximate surface area is 130 Å². The normalized spacial score (nSPS) is 12.4. The molecule has 1 aromatic carbocycles. The highest BCUT2D eigenvalue weighted by Crippen LogP contribution is 2.33. The Kier molecular flexibility index (Phi) is 3.53. The summed E-state index contributed by atoms with van der Waals surface area (Å²) in [5, 5.41) is 8.95. The van der Waals surface area contributed by atoms with Gasteiger partial charge in [0, 0.05) is 11.6 Å². The molecule has 3 rings (SSSR count). The molecule has 0 amide bonds. The Balaban J connectivity index is 2.15. The van der Waals surface area contributed by atoms with Crippen molar-refractivity contribution in [2.45, 2.75) is 33.1 Å². The fourth-order valence-corrected chi connectivity index (χ4v) is 2.36. The Morgan fingerprint density at radius 3 is 2.41 bits per heavy atom. The molecule has 3 aromatic rings. The Morgan fingerprint density at radius 2 is 1.68 bits per heavy atom. The van der Waals surface area contributed by atoms with Gasteiger partial charge in [0.25, 0.3) is 0 Å². The molecule has 0 saturated carbocycles. The van der Waals surface area contributed by atoms with Gasteiger partial charge in [-0.2, -0.15) is 0 Å². The topological polar surface area (TPSA) is 42.0 Å². The first-order chi connectivity index (χ1) is 10.5. The van der Waals surface area contributed by atoms with Gasteiger partial charge < -0.3 is 0 Å². The molecule has 0 N–H and O–H groups in total. The van der Waals surface area contributed by atoms with Crippen LogP contribution in [0.4, 0.5) is 11.5 Å². The van der Waals surface area contributed by atoms with Crippen LogP contribution in [0.15, 0.2) is 58.9 Å². The first kappa shape index (κ1) is 14.4. The van der Waals surface area contributed by atoms with Crippen molar-refractivity contribution >= 4 is 17.2 Å². The third-order valence-corrected chi connectivity index (χ3v) is 3.58. The molecular weight excluding hydrogens is 272 g/mol. The summed E-state index contributed by atoms with van der Waals surface area (Å²) in [6.07, 6.45) is 1.98. The van der Waals surface area contributed by atoms with Crippen LogP contribution < -0.4 is 0 Å². The first-order valence-electron chi connectivity index (χ1n) is 7.42. The number of hydrogen-bond donors (Lipinski definition) is 0. The lowest BCUT2D eigenvalue weighted by atomic mass is 9.92. The van der Waals surface area contributed by atoms with E-state index in [1.54, 1.807) is 0 Å². The van der Waals surface area contributed by atoms with E-state index < -0.39 is 0 Å². The second-order valence-electron chi connectivity index (χ2n) is 6.45. The molecule has 4 heteroatoms. The van der Waals surface area contributed by atoms with E-state index in [1.165, 1.54) is 0 Å². The highest BCUT2D eigenvalue weighted by atomic mass is 15.2. The van der Waals surface area contributed by atoms with E-state index in [0.29, 0.717) is 0 Å². The SMILES string of the molecule is Cc1ccccc1N=Nc1c(C(C)(C)C)nc2ccccn12. The number of aryl methyl sites for hydroxylation is 1. The molecule has 0 radical (unpaired) electrons. The third-order valence-electron chi connectivity index (χ3n) is 3.58. The maximum atomic E-state index is 4.73. The van der Waals surface area contributed by atoms with Crippen molar-refractivity contribution in [1.82, 2.24) is 9.38 Å². The number of rotatable bonds is 2. The van der Waals surface area contributed by atoms with E-state index >= 15 is 0 Å². The van der Waals surface area contributed by atoms with Crippen LogP contribution >= 0.6 is 0 Å². The van der Waals surface area contributed by atoms with Crippen molar-refractivity contribution in [3.63, 3.8) is 0 Å². The van der Waals surface area contributed by atoms with Crippen molar-refractivity contribution < 1.29 is 0 Å². The predicted octanol–water partition coefficient (Wildman–Crippen LogP) is 5.36. The monoisotopic (exact) mass is 292 g/mol. The predicted molar refractivity (Wildman–Crippen MR) is 89.2 cm³/mol. The average Bonchev–Trinajstić information content (AvgIpc) is 2.85. The van der Waals surface area contributed by atoms with Gasteiger partial charge in [0.05, 0.1) is 11.4 Å². The van der Waals surface area contributed by atoms with E-state index in [4.69, 9.17) is 4.98 Å². The maximum absolute atomic E-state index is 4.73. The van der Waals surface area contributed by atoms with Crippen molar-refractivity contribution in [2.24, 2.45) is 10.2 Å². The lowest BCUT2D eigenvalue weighted by Crippen LogP contribution is -2.11. The Bertz CT molecular complexity index is 838. The standard InChI is InChI=1S/C18H20N4/c1-13-9-5-6-10-14(13)20-21-17-16(18(2,3)4)19-15-11-7-8-12-22(15)17/h5-12H,1-4H3. The number of pyridine rings is 1. The van der Waals surface area contributed by atoms with Gasteiger partial charge in [-0.1, -0.05) is 45.0 Å². The Hall–Kier alpha value is -2.49. The summed E-state index contributed by atoms with van der Waals surface area (Å²) in [4.78, 5) is 4.73. The zero-order valence-electron chi connectivity index (χ0n) is 13.4. The number of fused-ring (bicyclic) bond motifs is 1. The van der Waals surface area contributed by atoms with Gasteiger partial charge in [0.1, 0.15) is 5.65 Å². The fourth-order valence-electron chi connectivity index (χ4n) is 2.36. The van der Waals surface area contributed by atoms with Crippen molar-refractivity contribution in [3.05, 3.63) is 59.9 Å². The summed E-state index contributed by atoms with van der Waals surface area (Å²) < 4.78 is 1.99. The molecule has 0 atom stereocenters. The van der Waals surface area contributed by atoms with Crippen LogP contribution in [0.3, 0.4) is 0 Å². The second kappa shape index (κ2) is 5.37. The summed E-state index contributed by atoms with van der Waals surface area (Å²) in [5.74, 6) is 0.798. The van der Waals surface area contributed by atoms with Crippen LogP contribution in [0.1, 0.15) is 32.0 Å². The summed E-state index contributed by atoms with van der Waals surface area (Å²) in [6, 6.07) is 13.9. The van der Waals surface area contributed by atoms with Gasteiger partial charge in [-0.25, -0.2) is 4.98 Å². The van der Waals surface area contributed by atoms with Crippen molar-refractivity contribution in [2.75, 3.05) is 0 Å². The van der Waals surface area contributed by atoms with Crippen LogP contribution in [-0.2, 0) is 5.41 Å².